The van der Waals surface area contributed by atoms with Crippen molar-refractivity contribution in [2.45, 2.75) is 18.6 Å². The molecule has 2 atom stereocenters. The first-order valence-electron chi connectivity index (χ1n) is 8.78. The second-order valence-corrected chi connectivity index (χ2v) is 6.56. The summed E-state index contributed by atoms with van der Waals surface area (Å²) in [5.74, 6) is -0.321. The van der Waals surface area contributed by atoms with E-state index in [9.17, 15) is 23.1 Å². The second-order valence-electron chi connectivity index (χ2n) is 6.56. The predicted molar refractivity (Wildman–Crippen MR) is 97.0 cm³/mol. The molecular weight excluding hydrogens is 405 g/mol. The van der Waals surface area contributed by atoms with Gasteiger partial charge in [-0.15, -0.1) is 10.2 Å². The number of aromatic nitrogens is 5. The summed E-state index contributed by atoms with van der Waals surface area (Å²) in [5, 5.41) is 21.0. The molecule has 0 radical (unpaired) electrons. The molecule has 1 aliphatic heterocycles. The monoisotopic (exact) mass is 420 g/mol. The van der Waals surface area contributed by atoms with Crippen LogP contribution in [0.2, 0.25) is 0 Å². The molecule has 1 amide bonds. The maximum Gasteiger partial charge on any atom is 0.414 e. The molecule has 30 heavy (non-hydrogen) atoms. The van der Waals surface area contributed by atoms with Gasteiger partial charge < -0.3 is 9.84 Å². The van der Waals surface area contributed by atoms with Gasteiger partial charge in [0.2, 0.25) is 5.82 Å². The maximum absolute atomic E-state index is 14.7. The van der Waals surface area contributed by atoms with E-state index in [1.54, 1.807) is 19.2 Å². The van der Waals surface area contributed by atoms with Crippen LogP contribution in [0.15, 0.2) is 36.5 Å². The number of hydrogen-bond donors (Lipinski definition) is 1. The highest BCUT2D eigenvalue weighted by molar-refractivity contribution is 5.90. The van der Waals surface area contributed by atoms with E-state index >= 15 is 0 Å². The zero-order chi connectivity index (χ0) is 21.4. The normalized spacial score (nSPS) is 17.5. The number of tetrazole rings is 1. The van der Waals surface area contributed by atoms with E-state index in [1.807, 2.05) is 0 Å². The molecule has 12 heteroatoms. The van der Waals surface area contributed by atoms with E-state index in [1.165, 1.54) is 23.1 Å². The maximum atomic E-state index is 14.7. The molecule has 1 aromatic carbocycles. The third-order valence-electron chi connectivity index (χ3n) is 4.55. The summed E-state index contributed by atoms with van der Waals surface area (Å²) in [4.78, 5) is 18.4. The Morgan fingerprint density at radius 1 is 1.27 bits per heavy atom. The van der Waals surface area contributed by atoms with Gasteiger partial charge in [-0.3, -0.25) is 9.88 Å². The van der Waals surface area contributed by atoms with Crippen molar-refractivity contribution in [2.75, 3.05) is 11.4 Å². The molecule has 156 valence electrons. The van der Waals surface area contributed by atoms with Crippen molar-refractivity contribution >= 4 is 11.8 Å². The van der Waals surface area contributed by atoms with Crippen LogP contribution in [0, 0.1) is 5.82 Å². The topological polar surface area (TPSA) is 106 Å². The number of amides is 1. The molecule has 0 spiro atoms. The third kappa shape index (κ3) is 3.68. The van der Waals surface area contributed by atoms with Gasteiger partial charge in [-0.25, -0.2) is 18.0 Å². The Bertz CT molecular complexity index is 1080. The first kappa shape index (κ1) is 19.8. The van der Waals surface area contributed by atoms with Crippen molar-refractivity contribution < 1.29 is 27.8 Å². The van der Waals surface area contributed by atoms with E-state index in [0.717, 1.165) is 11.0 Å². The van der Waals surface area contributed by atoms with Crippen molar-refractivity contribution in [3.63, 3.8) is 0 Å². The molecule has 3 aromatic rings. The first-order chi connectivity index (χ1) is 14.3. The fraction of sp³-hybridized carbons (Fsp3) is 0.278. The number of anilines is 1. The number of carbonyl (C=O) groups is 1. The van der Waals surface area contributed by atoms with Gasteiger partial charge in [0, 0.05) is 17.3 Å². The molecule has 0 saturated carbocycles. The Balaban J connectivity index is 1.54. The van der Waals surface area contributed by atoms with Crippen LogP contribution in [0.1, 0.15) is 0 Å². The Labute approximate surface area is 167 Å². The number of ether oxygens (including phenoxy) is 1. The van der Waals surface area contributed by atoms with Gasteiger partial charge >= 0.3 is 6.09 Å². The molecule has 1 fully saturated rings. The first-order valence-corrected chi connectivity index (χ1v) is 8.78. The van der Waals surface area contributed by atoms with Crippen molar-refractivity contribution in [3.8, 4) is 22.6 Å². The number of aryl methyl sites for hydroxylation is 1. The van der Waals surface area contributed by atoms with Crippen molar-refractivity contribution in [1.29, 1.82) is 0 Å². The van der Waals surface area contributed by atoms with Crippen LogP contribution >= 0.6 is 0 Å². The lowest BCUT2D eigenvalue weighted by molar-refractivity contribution is -0.0641. The van der Waals surface area contributed by atoms with Crippen LogP contribution in [0.3, 0.4) is 0 Å². The van der Waals surface area contributed by atoms with Crippen molar-refractivity contribution in [3.05, 3.63) is 42.3 Å². The van der Waals surface area contributed by atoms with Gasteiger partial charge in [-0.1, -0.05) is 6.07 Å². The zero-order valence-electron chi connectivity index (χ0n) is 15.5. The summed E-state index contributed by atoms with van der Waals surface area (Å²) in [6.07, 6.45) is -6.06. The number of pyridine rings is 1. The number of benzene rings is 1. The van der Waals surface area contributed by atoms with Crippen LogP contribution in [0.5, 0.6) is 0 Å². The summed E-state index contributed by atoms with van der Waals surface area (Å²) in [6, 6.07) is 7.23. The molecular formula is C18H15F3N6O3. The Kier molecular flexibility index (Phi) is 5.08. The standard InChI is InChI=1S/C18H15F3N6O3/c1-26-24-17(23-25-26)13-5-2-9(7-22-13)11-4-3-10(6-12(11)19)27-8-14(30-18(27)29)15(28)16(20)21/h2-7,14-16,28H,8H2,1H3/t14-,15?/m0/s1. The third-order valence-corrected chi connectivity index (χ3v) is 4.55. The minimum atomic E-state index is -3.06. The number of cyclic esters (lactones) is 1. The van der Waals surface area contributed by atoms with Crippen LogP contribution in [-0.4, -0.2) is 61.6 Å². The smallest absolute Gasteiger partial charge is 0.414 e. The molecule has 0 bridgehead atoms. The molecule has 2 aromatic heterocycles. The summed E-state index contributed by atoms with van der Waals surface area (Å²) < 4.78 is 44.8. The van der Waals surface area contributed by atoms with Gasteiger partial charge in [0.1, 0.15) is 11.5 Å². The average Bonchev–Trinajstić information content (AvgIpc) is 3.33. The highest BCUT2D eigenvalue weighted by Crippen LogP contribution is 2.30. The number of aliphatic hydroxyl groups excluding tert-OH is 1. The molecule has 1 N–H and O–H groups in total. The SMILES string of the molecule is Cn1nnc(-c2ccc(-c3ccc(N4C[C@@H](C(O)C(F)F)OC4=O)cc3F)cn2)n1. The molecule has 3 heterocycles. The predicted octanol–water partition coefficient (Wildman–Crippen LogP) is 2.03. The number of nitrogens with zero attached hydrogens (tertiary/aromatic N) is 6. The van der Waals surface area contributed by atoms with Crippen molar-refractivity contribution in [1.82, 2.24) is 25.2 Å². The Morgan fingerprint density at radius 3 is 2.67 bits per heavy atom. The minimum Gasteiger partial charge on any atom is -0.441 e. The van der Waals surface area contributed by atoms with Gasteiger partial charge in [-0.2, -0.15) is 4.80 Å². The lowest BCUT2D eigenvalue weighted by Gasteiger charge is -2.16. The fourth-order valence-corrected chi connectivity index (χ4v) is 3.01. The Morgan fingerprint density at radius 2 is 2.07 bits per heavy atom. The zero-order valence-corrected chi connectivity index (χ0v) is 15.5. The summed E-state index contributed by atoms with van der Waals surface area (Å²) in [7, 11) is 1.62. The van der Waals surface area contributed by atoms with Gasteiger partial charge in [0.05, 0.1) is 19.3 Å². The molecule has 0 aliphatic carbocycles. The van der Waals surface area contributed by atoms with Crippen LogP contribution in [0.25, 0.3) is 22.6 Å². The lowest BCUT2D eigenvalue weighted by Crippen LogP contribution is -2.36. The molecule has 4 rings (SSSR count). The number of carbonyl (C=O) groups excluding carboxylic acids is 1. The summed E-state index contributed by atoms with van der Waals surface area (Å²) >= 11 is 0. The molecule has 1 aliphatic rings. The average molecular weight is 420 g/mol. The van der Waals surface area contributed by atoms with Gasteiger partial charge in [0.15, 0.2) is 12.2 Å². The Hall–Kier alpha value is -3.54. The highest BCUT2D eigenvalue weighted by atomic mass is 19.3. The number of alkyl halides is 2. The second kappa shape index (κ2) is 7.71. The van der Waals surface area contributed by atoms with Gasteiger partial charge in [0.25, 0.3) is 6.43 Å². The number of hydrogen-bond acceptors (Lipinski definition) is 7. The van der Waals surface area contributed by atoms with E-state index in [4.69, 9.17) is 4.74 Å². The van der Waals surface area contributed by atoms with Gasteiger partial charge in [-0.05, 0) is 29.5 Å². The molecule has 1 unspecified atom stereocenters. The number of halogens is 3. The quantitative estimate of drug-likeness (QED) is 0.673. The molecule has 1 saturated heterocycles. The van der Waals surface area contributed by atoms with E-state index in [-0.39, 0.29) is 17.8 Å². The van der Waals surface area contributed by atoms with Crippen LogP contribution in [-0.2, 0) is 11.8 Å². The van der Waals surface area contributed by atoms with Crippen molar-refractivity contribution in [2.24, 2.45) is 7.05 Å². The number of rotatable bonds is 5. The lowest BCUT2D eigenvalue weighted by atomic mass is 10.1. The van der Waals surface area contributed by atoms with Crippen LogP contribution < -0.4 is 4.90 Å². The highest BCUT2D eigenvalue weighted by Gasteiger charge is 2.40. The summed E-state index contributed by atoms with van der Waals surface area (Å²) in [5.41, 5.74) is 1.29. The number of aliphatic hydroxyl groups is 1. The fourth-order valence-electron chi connectivity index (χ4n) is 3.01. The van der Waals surface area contributed by atoms with Crippen LogP contribution in [0.4, 0.5) is 23.7 Å². The summed E-state index contributed by atoms with van der Waals surface area (Å²) in [6.45, 7) is -0.315. The molecule has 9 nitrogen and oxygen atoms in total. The largest absolute Gasteiger partial charge is 0.441 e. The minimum absolute atomic E-state index is 0.124. The van der Waals surface area contributed by atoms with E-state index < -0.39 is 30.5 Å². The van der Waals surface area contributed by atoms with E-state index in [0.29, 0.717) is 17.1 Å². The van der Waals surface area contributed by atoms with E-state index in [2.05, 4.69) is 20.4 Å².